The van der Waals surface area contributed by atoms with E-state index in [-0.39, 0.29) is 6.42 Å². The maximum Gasteiger partial charge on any atom is 0.321 e. The molecule has 1 aromatic heterocycles. The van der Waals surface area contributed by atoms with Crippen LogP contribution in [0.3, 0.4) is 0 Å². The second kappa shape index (κ2) is 9.73. The van der Waals surface area contributed by atoms with Crippen molar-refractivity contribution in [3.63, 3.8) is 0 Å². The first kappa shape index (κ1) is 21.2. The maximum absolute atomic E-state index is 11.6. The summed E-state index contributed by atoms with van der Waals surface area (Å²) in [5.41, 5.74) is 1.51. The van der Waals surface area contributed by atoms with Crippen LogP contribution in [0.1, 0.15) is 31.0 Å². The second-order valence-electron chi connectivity index (χ2n) is 6.23. The molecule has 0 saturated heterocycles. The molecule has 0 spiro atoms. The van der Waals surface area contributed by atoms with Gasteiger partial charge in [0.25, 0.3) is 0 Å². The number of nitrogens with zero attached hydrogens (tertiary/aromatic N) is 2. The number of carbonyl (C=O) groups is 2. The Morgan fingerprint density at radius 2 is 1.78 bits per heavy atom. The van der Waals surface area contributed by atoms with Gasteiger partial charge in [0.2, 0.25) is 0 Å². The largest absolute Gasteiger partial charge is 0.480 e. The molecule has 2 aromatic rings. The fraction of sp³-hybridized carbons (Fsp3) is 0.389. The monoisotopic (exact) mass is 413 g/mol. The number of nitrogens with one attached hydrogen (secondary N) is 1. The molecule has 2 atom stereocenters. The third-order valence-corrected chi connectivity index (χ3v) is 4.50. The molecule has 0 fully saturated rings. The Kier molecular flexibility index (Phi) is 7.65. The van der Waals surface area contributed by atoms with Gasteiger partial charge in [0, 0.05) is 34.9 Å². The van der Waals surface area contributed by atoms with Crippen LogP contribution in [0.2, 0.25) is 10.0 Å². The van der Waals surface area contributed by atoms with Crippen molar-refractivity contribution in [3.8, 4) is 0 Å². The van der Waals surface area contributed by atoms with Crippen LogP contribution >= 0.6 is 23.2 Å². The van der Waals surface area contributed by atoms with Gasteiger partial charge in [-0.2, -0.15) is 0 Å². The van der Waals surface area contributed by atoms with E-state index in [4.69, 9.17) is 23.2 Å². The summed E-state index contributed by atoms with van der Waals surface area (Å²) >= 11 is 12.0. The lowest BCUT2D eigenvalue weighted by atomic mass is 10.1. The van der Waals surface area contributed by atoms with Crippen molar-refractivity contribution in [2.45, 2.75) is 44.8 Å². The number of hydrogen-bond donors (Lipinski definition) is 3. The number of halogens is 2. The van der Waals surface area contributed by atoms with Gasteiger partial charge in [0.05, 0.1) is 6.33 Å². The summed E-state index contributed by atoms with van der Waals surface area (Å²) in [4.78, 5) is 27.0. The number of aliphatic carboxylic acids is 2. The molecule has 9 heteroatoms. The summed E-state index contributed by atoms with van der Waals surface area (Å²) in [6, 6.07) is 3.21. The molecule has 2 unspecified atom stereocenters. The molecule has 27 heavy (non-hydrogen) atoms. The molecule has 7 nitrogen and oxygen atoms in total. The highest BCUT2D eigenvalue weighted by Gasteiger charge is 2.26. The minimum Gasteiger partial charge on any atom is -0.480 e. The number of carboxylic acid groups (broad SMARTS) is 2. The van der Waals surface area contributed by atoms with E-state index in [2.05, 4.69) is 10.3 Å². The van der Waals surface area contributed by atoms with E-state index in [0.29, 0.717) is 35.1 Å². The Hall–Kier alpha value is -2.09. The van der Waals surface area contributed by atoms with E-state index in [1.165, 1.54) is 0 Å². The Morgan fingerprint density at radius 3 is 2.33 bits per heavy atom. The Bertz CT molecular complexity index is 789. The van der Waals surface area contributed by atoms with Gasteiger partial charge < -0.3 is 14.8 Å². The van der Waals surface area contributed by atoms with Crippen LogP contribution in [0.4, 0.5) is 0 Å². The molecular formula is C18H21Cl2N3O4. The summed E-state index contributed by atoms with van der Waals surface area (Å²) in [7, 11) is 0. The predicted molar refractivity (Wildman–Crippen MR) is 102 cm³/mol. The van der Waals surface area contributed by atoms with Gasteiger partial charge in [-0.25, -0.2) is 4.98 Å². The average molecular weight is 414 g/mol. The highest BCUT2D eigenvalue weighted by molar-refractivity contribution is 6.34. The van der Waals surface area contributed by atoms with Crippen molar-refractivity contribution in [3.05, 3.63) is 52.0 Å². The number of hydrogen-bond acceptors (Lipinski definition) is 4. The molecule has 2 rings (SSSR count). The molecule has 0 amide bonds. The van der Waals surface area contributed by atoms with Gasteiger partial charge >= 0.3 is 11.9 Å². The van der Waals surface area contributed by atoms with Crippen molar-refractivity contribution in [2.75, 3.05) is 0 Å². The quantitative estimate of drug-likeness (QED) is 0.552. The topological polar surface area (TPSA) is 104 Å². The summed E-state index contributed by atoms with van der Waals surface area (Å²) in [5.74, 6) is -2.18. The Morgan fingerprint density at radius 1 is 1.15 bits per heavy atom. The standard InChI is InChI=1S/C18H21Cl2N3O4/c1-2-3-15(17(24)25)22-16(18(26)27)7-14-8-21-10-23(14)9-11-4-12(19)6-13(20)5-11/h4-6,8,10,15-16,22H,2-3,7,9H2,1H3,(H,24,25)(H,26,27). The predicted octanol–water partition coefficient (Wildman–Crippen LogP) is 3.08. The van der Waals surface area contributed by atoms with Crippen LogP contribution in [0.25, 0.3) is 0 Å². The molecule has 0 aliphatic carbocycles. The normalized spacial score (nSPS) is 13.3. The molecule has 3 N–H and O–H groups in total. The zero-order valence-electron chi connectivity index (χ0n) is 14.7. The third-order valence-electron chi connectivity index (χ3n) is 4.06. The SMILES string of the molecule is CCCC(NC(Cc1cncn1Cc1cc(Cl)cc(Cl)c1)C(=O)O)C(=O)O. The zero-order chi connectivity index (χ0) is 20.0. The van der Waals surface area contributed by atoms with Crippen LogP contribution in [-0.2, 0) is 22.6 Å². The molecule has 146 valence electrons. The van der Waals surface area contributed by atoms with Crippen LogP contribution in [0, 0.1) is 0 Å². The van der Waals surface area contributed by atoms with E-state index in [0.717, 1.165) is 5.56 Å². The number of aromatic nitrogens is 2. The third kappa shape index (κ3) is 6.23. The first-order valence-electron chi connectivity index (χ1n) is 8.45. The number of carboxylic acids is 2. The van der Waals surface area contributed by atoms with Crippen LogP contribution in [-0.4, -0.2) is 43.8 Å². The molecule has 0 bridgehead atoms. The molecule has 1 heterocycles. The lowest BCUT2D eigenvalue weighted by molar-refractivity contribution is -0.142. The molecular weight excluding hydrogens is 393 g/mol. The fourth-order valence-corrected chi connectivity index (χ4v) is 3.37. The summed E-state index contributed by atoms with van der Waals surface area (Å²) in [6.07, 6.45) is 4.23. The molecule has 0 saturated carbocycles. The molecule has 1 aromatic carbocycles. The van der Waals surface area contributed by atoms with Gasteiger partial charge in [-0.1, -0.05) is 36.5 Å². The van der Waals surface area contributed by atoms with E-state index in [1.807, 2.05) is 6.92 Å². The van der Waals surface area contributed by atoms with Crippen molar-refractivity contribution < 1.29 is 19.8 Å². The molecule has 0 radical (unpaired) electrons. The second-order valence-corrected chi connectivity index (χ2v) is 7.10. The highest BCUT2D eigenvalue weighted by atomic mass is 35.5. The van der Waals surface area contributed by atoms with E-state index < -0.39 is 24.0 Å². The van der Waals surface area contributed by atoms with Gasteiger partial charge in [0.15, 0.2) is 0 Å². The van der Waals surface area contributed by atoms with Gasteiger partial charge in [-0.05, 0) is 30.2 Å². The number of rotatable bonds is 10. The summed E-state index contributed by atoms with van der Waals surface area (Å²) in [6.45, 7) is 2.26. The highest BCUT2D eigenvalue weighted by Crippen LogP contribution is 2.20. The zero-order valence-corrected chi connectivity index (χ0v) is 16.2. The van der Waals surface area contributed by atoms with Gasteiger partial charge in [-0.3, -0.25) is 14.9 Å². The average Bonchev–Trinajstić information content (AvgIpc) is 2.99. The van der Waals surface area contributed by atoms with E-state index >= 15 is 0 Å². The number of imidazole rings is 1. The van der Waals surface area contributed by atoms with Crippen LogP contribution < -0.4 is 5.32 Å². The smallest absolute Gasteiger partial charge is 0.321 e. The lowest BCUT2D eigenvalue weighted by Gasteiger charge is -2.20. The van der Waals surface area contributed by atoms with Gasteiger partial charge in [0.1, 0.15) is 12.1 Å². The Labute approximate surface area is 166 Å². The molecule has 0 aliphatic rings. The van der Waals surface area contributed by atoms with Crippen LogP contribution in [0.5, 0.6) is 0 Å². The summed E-state index contributed by atoms with van der Waals surface area (Å²) in [5, 5.41) is 22.5. The minimum atomic E-state index is -1.11. The number of benzene rings is 1. The van der Waals surface area contributed by atoms with Crippen molar-refractivity contribution >= 4 is 35.1 Å². The minimum absolute atomic E-state index is 0.0944. The van der Waals surface area contributed by atoms with Crippen molar-refractivity contribution in [1.29, 1.82) is 0 Å². The van der Waals surface area contributed by atoms with Crippen LogP contribution in [0.15, 0.2) is 30.7 Å². The van der Waals surface area contributed by atoms with Crippen molar-refractivity contribution in [1.82, 2.24) is 14.9 Å². The van der Waals surface area contributed by atoms with E-state index in [1.54, 1.807) is 35.3 Å². The fourth-order valence-electron chi connectivity index (χ4n) is 2.80. The summed E-state index contributed by atoms with van der Waals surface area (Å²) < 4.78 is 1.79. The maximum atomic E-state index is 11.6. The van der Waals surface area contributed by atoms with Crippen molar-refractivity contribution in [2.24, 2.45) is 0 Å². The first-order chi connectivity index (χ1) is 12.8. The Balaban J connectivity index is 2.16. The lowest BCUT2D eigenvalue weighted by Crippen LogP contribution is -2.48. The van der Waals surface area contributed by atoms with Gasteiger partial charge in [-0.15, -0.1) is 0 Å². The van der Waals surface area contributed by atoms with E-state index in [9.17, 15) is 19.8 Å². The molecule has 0 aliphatic heterocycles. The first-order valence-corrected chi connectivity index (χ1v) is 9.21.